The van der Waals surface area contributed by atoms with E-state index < -0.39 is 0 Å². The van der Waals surface area contributed by atoms with Gasteiger partial charge in [0.25, 0.3) is 0 Å². The minimum absolute atomic E-state index is 0.235. The van der Waals surface area contributed by atoms with Gasteiger partial charge in [-0.25, -0.2) is 4.39 Å². The second-order valence-electron chi connectivity index (χ2n) is 4.43. The summed E-state index contributed by atoms with van der Waals surface area (Å²) in [5.41, 5.74) is 10.7. The van der Waals surface area contributed by atoms with Crippen LogP contribution in [0.1, 0.15) is 11.3 Å². The van der Waals surface area contributed by atoms with E-state index in [0.717, 1.165) is 33.4 Å². The number of rotatable bonds is 2. The molecule has 0 saturated carbocycles. The predicted molar refractivity (Wildman–Crippen MR) is 70.7 cm³/mol. The van der Waals surface area contributed by atoms with Crippen molar-refractivity contribution in [2.24, 2.45) is 5.73 Å². The number of fused-ring (bicyclic) bond motifs is 1. The van der Waals surface area contributed by atoms with Crippen molar-refractivity contribution in [3.8, 4) is 11.3 Å². The molecule has 2 heterocycles. The van der Waals surface area contributed by atoms with Gasteiger partial charge in [0.2, 0.25) is 0 Å². The second-order valence-corrected chi connectivity index (χ2v) is 4.43. The molecule has 3 rings (SSSR count). The third-order valence-electron chi connectivity index (χ3n) is 3.28. The zero-order valence-corrected chi connectivity index (χ0v) is 10.0. The second kappa shape index (κ2) is 3.99. The number of nitrogens with two attached hydrogens (primary N) is 1. The zero-order valence-electron chi connectivity index (χ0n) is 10.0. The van der Waals surface area contributed by atoms with E-state index in [1.165, 1.54) is 12.1 Å². The lowest BCUT2D eigenvalue weighted by atomic mass is 10.1. The Labute approximate surface area is 104 Å². The summed E-state index contributed by atoms with van der Waals surface area (Å²) in [6.07, 6.45) is 1.88. The molecule has 0 aliphatic carbocycles. The average molecular weight is 243 g/mol. The highest BCUT2D eigenvalue weighted by molar-refractivity contribution is 5.94. The number of halogens is 1. The summed E-state index contributed by atoms with van der Waals surface area (Å²) in [7, 11) is 0. The minimum atomic E-state index is -0.235. The van der Waals surface area contributed by atoms with Crippen molar-refractivity contribution in [2.75, 3.05) is 0 Å². The van der Waals surface area contributed by atoms with Crippen LogP contribution in [0.25, 0.3) is 22.2 Å². The maximum atomic E-state index is 13.1. The monoisotopic (exact) mass is 243 g/mol. The molecule has 0 atom stereocenters. The number of benzene rings is 1. The Kier molecular flexibility index (Phi) is 2.45. The van der Waals surface area contributed by atoms with Crippen molar-refractivity contribution in [3.63, 3.8) is 0 Å². The fourth-order valence-corrected chi connectivity index (χ4v) is 2.28. The van der Waals surface area contributed by atoms with E-state index in [9.17, 15) is 4.39 Å². The van der Waals surface area contributed by atoms with E-state index >= 15 is 0 Å². The first kappa shape index (κ1) is 11.0. The van der Waals surface area contributed by atoms with Gasteiger partial charge in [0.15, 0.2) is 0 Å². The van der Waals surface area contributed by atoms with Crippen molar-refractivity contribution in [1.82, 2.24) is 9.97 Å². The quantitative estimate of drug-likeness (QED) is 0.636. The van der Waals surface area contributed by atoms with Crippen molar-refractivity contribution >= 4 is 10.9 Å². The van der Waals surface area contributed by atoms with E-state index in [2.05, 4.69) is 9.97 Å². The van der Waals surface area contributed by atoms with E-state index in [1.54, 1.807) is 6.07 Å². The van der Waals surface area contributed by atoms with Crippen LogP contribution in [-0.4, -0.2) is 9.97 Å². The Balaban J connectivity index is 2.19. The summed E-state index contributed by atoms with van der Waals surface area (Å²) in [5, 5.41) is 1.00. The Morgan fingerprint density at radius 1 is 1.28 bits per heavy atom. The molecule has 4 heteroatoms. The number of hydrogen-bond donors (Lipinski definition) is 3. The first-order chi connectivity index (χ1) is 8.69. The summed E-state index contributed by atoms with van der Waals surface area (Å²) in [6, 6.07) is 6.80. The molecule has 0 unspecified atom stereocenters. The van der Waals surface area contributed by atoms with Crippen molar-refractivity contribution < 1.29 is 4.39 Å². The Morgan fingerprint density at radius 3 is 2.83 bits per heavy atom. The lowest BCUT2D eigenvalue weighted by Crippen LogP contribution is -1.95. The van der Waals surface area contributed by atoms with E-state index in [1.807, 2.05) is 19.2 Å². The highest BCUT2D eigenvalue weighted by Crippen LogP contribution is 2.29. The van der Waals surface area contributed by atoms with Gasteiger partial charge in [-0.2, -0.15) is 0 Å². The average Bonchev–Trinajstić information content (AvgIpc) is 2.91. The molecule has 92 valence electrons. The van der Waals surface area contributed by atoms with Crippen LogP contribution in [0.15, 0.2) is 30.5 Å². The molecule has 0 bridgehead atoms. The predicted octanol–water partition coefficient (Wildman–Crippen LogP) is 3.07. The lowest BCUT2D eigenvalue weighted by Gasteiger charge is -1.95. The summed E-state index contributed by atoms with van der Waals surface area (Å²) < 4.78 is 13.1. The van der Waals surface area contributed by atoms with Crippen molar-refractivity contribution in [1.29, 1.82) is 0 Å². The fourth-order valence-electron chi connectivity index (χ4n) is 2.28. The summed E-state index contributed by atoms with van der Waals surface area (Å²) in [5.74, 6) is -0.235. The molecule has 3 aromatic rings. The van der Waals surface area contributed by atoms with Gasteiger partial charge in [0.05, 0.1) is 0 Å². The highest BCUT2D eigenvalue weighted by Gasteiger charge is 2.10. The van der Waals surface area contributed by atoms with Gasteiger partial charge < -0.3 is 15.7 Å². The molecule has 2 aromatic heterocycles. The largest absolute Gasteiger partial charge is 0.360 e. The van der Waals surface area contributed by atoms with Crippen molar-refractivity contribution in [3.05, 3.63) is 47.5 Å². The van der Waals surface area contributed by atoms with Crippen LogP contribution in [0.5, 0.6) is 0 Å². The molecule has 0 radical (unpaired) electrons. The molecule has 0 aliphatic rings. The Hall–Kier alpha value is -2.07. The highest BCUT2D eigenvalue weighted by atomic mass is 19.1. The maximum Gasteiger partial charge on any atom is 0.125 e. The third-order valence-corrected chi connectivity index (χ3v) is 3.28. The fraction of sp³-hybridized carbons (Fsp3) is 0.143. The number of aryl methyl sites for hydroxylation is 1. The molecule has 0 amide bonds. The van der Waals surface area contributed by atoms with E-state index in [0.29, 0.717) is 6.54 Å². The van der Waals surface area contributed by atoms with Crippen LogP contribution in [0.2, 0.25) is 0 Å². The molecule has 1 aromatic carbocycles. The van der Waals surface area contributed by atoms with Crippen molar-refractivity contribution in [2.45, 2.75) is 13.5 Å². The van der Waals surface area contributed by atoms with Crippen LogP contribution < -0.4 is 5.73 Å². The van der Waals surface area contributed by atoms with Crippen LogP contribution in [-0.2, 0) is 6.54 Å². The van der Waals surface area contributed by atoms with Gasteiger partial charge >= 0.3 is 0 Å². The molecule has 0 saturated heterocycles. The van der Waals surface area contributed by atoms with Gasteiger partial charge in [-0.15, -0.1) is 0 Å². The van der Waals surface area contributed by atoms with Gasteiger partial charge in [0.1, 0.15) is 5.82 Å². The third kappa shape index (κ3) is 1.62. The van der Waals surface area contributed by atoms with Crippen LogP contribution in [0.4, 0.5) is 4.39 Å². The van der Waals surface area contributed by atoms with Gasteiger partial charge in [-0.3, -0.25) is 0 Å². The lowest BCUT2D eigenvalue weighted by molar-refractivity contribution is 0.629. The van der Waals surface area contributed by atoms with Gasteiger partial charge in [-0.1, -0.05) is 0 Å². The first-order valence-electron chi connectivity index (χ1n) is 5.84. The SMILES string of the molecule is Cc1[nH]c(-c2c[nH]c3cc(F)ccc23)cc1CN. The normalized spacial score (nSPS) is 11.3. The number of hydrogen-bond acceptors (Lipinski definition) is 1. The topological polar surface area (TPSA) is 57.6 Å². The van der Waals surface area contributed by atoms with E-state index in [4.69, 9.17) is 5.73 Å². The summed E-state index contributed by atoms with van der Waals surface area (Å²) in [4.78, 5) is 6.39. The molecule has 0 fully saturated rings. The molecule has 0 spiro atoms. The number of H-pyrrole nitrogens is 2. The molecular weight excluding hydrogens is 229 g/mol. The number of nitrogens with one attached hydrogen (secondary N) is 2. The zero-order chi connectivity index (χ0) is 12.7. The molecule has 3 nitrogen and oxygen atoms in total. The maximum absolute atomic E-state index is 13.1. The van der Waals surface area contributed by atoms with Gasteiger partial charge in [0, 0.05) is 40.6 Å². The smallest absolute Gasteiger partial charge is 0.125 e. The summed E-state index contributed by atoms with van der Waals surface area (Å²) >= 11 is 0. The Morgan fingerprint density at radius 2 is 2.11 bits per heavy atom. The standard InChI is InChI=1S/C14H14FN3/c1-8-9(6-16)4-14(18-8)12-7-17-13-5-10(15)2-3-11(12)13/h2-5,7,17-18H,6,16H2,1H3. The van der Waals surface area contributed by atoms with Crippen LogP contribution >= 0.6 is 0 Å². The molecule has 4 N–H and O–H groups in total. The Bertz CT molecular complexity index is 709. The van der Waals surface area contributed by atoms with Crippen LogP contribution in [0, 0.1) is 12.7 Å². The molecular formula is C14H14FN3. The van der Waals surface area contributed by atoms with Crippen LogP contribution in [0.3, 0.4) is 0 Å². The minimum Gasteiger partial charge on any atom is -0.360 e. The molecule has 0 aliphatic heterocycles. The van der Waals surface area contributed by atoms with E-state index in [-0.39, 0.29) is 5.82 Å². The number of aromatic nitrogens is 2. The van der Waals surface area contributed by atoms with Gasteiger partial charge in [-0.05, 0) is 36.8 Å². The molecule has 18 heavy (non-hydrogen) atoms. The first-order valence-corrected chi connectivity index (χ1v) is 5.84. The summed E-state index contributed by atoms with van der Waals surface area (Å²) in [6.45, 7) is 2.51. The number of aromatic amines is 2.